The monoisotopic (exact) mass is 403 g/mol. The zero-order valence-corrected chi connectivity index (χ0v) is 17.5. The molecule has 1 saturated heterocycles. The van der Waals surface area contributed by atoms with E-state index in [1.807, 2.05) is 23.0 Å². The van der Waals surface area contributed by atoms with E-state index >= 15 is 0 Å². The third-order valence-corrected chi connectivity index (χ3v) is 5.97. The molecule has 5 heteroatoms. The van der Waals surface area contributed by atoms with E-state index in [-0.39, 0.29) is 5.97 Å². The van der Waals surface area contributed by atoms with Crippen molar-refractivity contribution in [3.63, 3.8) is 0 Å². The Bertz CT molecular complexity index is 1010. The quantitative estimate of drug-likeness (QED) is 0.443. The number of likely N-dealkylation sites (tertiary alicyclic amines) is 1. The van der Waals surface area contributed by atoms with Gasteiger partial charge in [-0.05, 0) is 60.7 Å². The molecule has 156 valence electrons. The first-order valence-electron chi connectivity index (χ1n) is 10.8. The fourth-order valence-corrected chi connectivity index (χ4v) is 4.32. The number of esters is 1. The normalized spacial score (nSPS) is 18.0. The van der Waals surface area contributed by atoms with Gasteiger partial charge in [0.25, 0.3) is 0 Å². The third-order valence-electron chi connectivity index (χ3n) is 5.97. The van der Waals surface area contributed by atoms with Crippen LogP contribution in [-0.4, -0.2) is 40.7 Å². The molecule has 1 aliphatic rings. The van der Waals surface area contributed by atoms with E-state index in [9.17, 15) is 4.79 Å². The molecule has 30 heavy (non-hydrogen) atoms. The van der Waals surface area contributed by atoms with Crippen molar-refractivity contribution in [2.45, 2.75) is 38.1 Å². The van der Waals surface area contributed by atoms with Crippen molar-refractivity contribution in [1.29, 1.82) is 0 Å². The number of pyridine rings is 1. The Labute approximate surface area is 178 Å². The number of nitrogens with zero attached hydrogens (tertiary/aromatic N) is 3. The predicted octanol–water partition coefficient (Wildman–Crippen LogP) is 4.68. The van der Waals surface area contributed by atoms with E-state index in [1.165, 1.54) is 55.5 Å². The third kappa shape index (κ3) is 4.79. The van der Waals surface area contributed by atoms with Gasteiger partial charge in [0.1, 0.15) is 0 Å². The lowest BCUT2D eigenvalue weighted by Crippen LogP contribution is -2.30. The molecule has 1 aromatic carbocycles. The molecule has 0 aliphatic carbocycles. The summed E-state index contributed by atoms with van der Waals surface area (Å²) < 4.78 is 6.62. The second kappa shape index (κ2) is 9.72. The predicted molar refractivity (Wildman–Crippen MR) is 119 cm³/mol. The number of aromatic nitrogens is 2. The number of carbonyl (C=O) groups excluding carboxylic acids is 1. The molecule has 0 amide bonds. The highest BCUT2D eigenvalue weighted by atomic mass is 16.5. The first-order chi connectivity index (χ1) is 14.7. The molecule has 0 radical (unpaired) electrons. The van der Waals surface area contributed by atoms with E-state index in [1.54, 1.807) is 6.08 Å². The van der Waals surface area contributed by atoms with Gasteiger partial charge in [-0.15, -0.1) is 0 Å². The fourth-order valence-electron chi connectivity index (χ4n) is 4.32. The zero-order valence-electron chi connectivity index (χ0n) is 17.5. The van der Waals surface area contributed by atoms with Crippen LogP contribution in [0.4, 0.5) is 0 Å². The molecule has 3 aromatic rings. The Morgan fingerprint density at radius 1 is 1.17 bits per heavy atom. The first-order valence-corrected chi connectivity index (χ1v) is 10.8. The van der Waals surface area contributed by atoms with Gasteiger partial charge in [0.2, 0.25) is 0 Å². The minimum Gasteiger partial charge on any atom is -0.466 e. The fraction of sp³-hybridized carbons (Fsp3) is 0.360. The van der Waals surface area contributed by atoms with E-state index < -0.39 is 0 Å². The Hall–Kier alpha value is -2.92. The van der Waals surface area contributed by atoms with Gasteiger partial charge in [-0.25, -0.2) is 9.31 Å². The zero-order chi connectivity index (χ0) is 20.8. The van der Waals surface area contributed by atoms with Crippen LogP contribution < -0.4 is 0 Å². The summed E-state index contributed by atoms with van der Waals surface area (Å²) in [4.78, 5) is 13.9. The summed E-state index contributed by atoms with van der Waals surface area (Å²) in [5, 5.41) is 4.48. The molecule has 4 rings (SSSR count). The van der Waals surface area contributed by atoms with Crippen molar-refractivity contribution in [2.24, 2.45) is 0 Å². The number of ether oxygens (including phenoxy) is 1. The topological polar surface area (TPSA) is 46.8 Å². The highest BCUT2D eigenvalue weighted by Gasteiger charge is 2.22. The van der Waals surface area contributed by atoms with Crippen LogP contribution in [-0.2, 0) is 16.0 Å². The molecular weight excluding hydrogens is 374 g/mol. The summed E-state index contributed by atoms with van der Waals surface area (Å²) in [5.41, 5.74) is 4.87. The molecule has 1 fully saturated rings. The van der Waals surface area contributed by atoms with Crippen LogP contribution in [0.15, 0.2) is 60.9 Å². The van der Waals surface area contributed by atoms with Crippen molar-refractivity contribution in [1.82, 2.24) is 14.5 Å². The van der Waals surface area contributed by atoms with E-state index in [4.69, 9.17) is 0 Å². The average molecular weight is 404 g/mol. The standard InChI is InChI=1S/C25H29N3O2/c1-30-25(29)14-11-20-9-12-21(13-10-20)23-7-3-2-5-16-27(23)18-15-22-19-26-28-17-6-4-8-24(22)28/h4,6,8-14,17,19,23H,2-3,5,7,15-16,18H2,1H3/b14-11+/t23-/m0/s1. The number of carbonyl (C=O) groups is 1. The lowest BCUT2D eigenvalue weighted by Gasteiger charge is -2.30. The Morgan fingerprint density at radius 3 is 2.87 bits per heavy atom. The van der Waals surface area contributed by atoms with Crippen molar-refractivity contribution < 1.29 is 9.53 Å². The first kappa shape index (κ1) is 20.4. The van der Waals surface area contributed by atoms with Gasteiger partial charge in [0.15, 0.2) is 0 Å². The Balaban J connectivity index is 1.47. The number of methoxy groups -OCH3 is 1. The SMILES string of the molecule is COC(=O)/C=C/c1ccc([C@@H]2CCCCCN2CCc2cnn3ccccc23)cc1. The molecule has 0 spiro atoms. The van der Waals surface area contributed by atoms with Crippen molar-refractivity contribution >= 4 is 17.6 Å². The summed E-state index contributed by atoms with van der Waals surface area (Å²) >= 11 is 0. The highest BCUT2D eigenvalue weighted by Crippen LogP contribution is 2.30. The van der Waals surface area contributed by atoms with Crippen molar-refractivity contribution in [3.8, 4) is 0 Å². The van der Waals surface area contributed by atoms with Gasteiger partial charge in [0.05, 0.1) is 18.8 Å². The van der Waals surface area contributed by atoms with E-state index in [0.717, 1.165) is 25.1 Å². The van der Waals surface area contributed by atoms with E-state index in [2.05, 4.69) is 51.1 Å². The van der Waals surface area contributed by atoms with Crippen LogP contribution >= 0.6 is 0 Å². The summed E-state index contributed by atoms with van der Waals surface area (Å²) in [6.45, 7) is 2.17. The molecule has 3 heterocycles. The second-order valence-corrected chi connectivity index (χ2v) is 7.87. The number of hydrogen-bond acceptors (Lipinski definition) is 4. The molecule has 1 atom stereocenters. The van der Waals surface area contributed by atoms with Crippen molar-refractivity contribution in [2.75, 3.05) is 20.2 Å². The van der Waals surface area contributed by atoms with Crippen LogP contribution in [0.1, 0.15) is 48.4 Å². The van der Waals surface area contributed by atoms with Gasteiger partial charge in [-0.2, -0.15) is 5.10 Å². The molecule has 1 aliphatic heterocycles. The van der Waals surface area contributed by atoms with Crippen LogP contribution in [0.2, 0.25) is 0 Å². The molecular formula is C25H29N3O2. The number of fused-ring (bicyclic) bond motifs is 1. The lowest BCUT2D eigenvalue weighted by atomic mass is 9.99. The van der Waals surface area contributed by atoms with Crippen LogP contribution in [0.25, 0.3) is 11.6 Å². The van der Waals surface area contributed by atoms with Crippen LogP contribution in [0.5, 0.6) is 0 Å². The lowest BCUT2D eigenvalue weighted by molar-refractivity contribution is -0.134. The summed E-state index contributed by atoms with van der Waals surface area (Å²) in [7, 11) is 1.39. The average Bonchev–Trinajstić information content (AvgIpc) is 3.05. The van der Waals surface area contributed by atoms with Gasteiger partial charge >= 0.3 is 5.97 Å². The molecule has 0 saturated carbocycles. The molecule has 0 unspecified atom stereocenters. The van der Waals surface area contributed by atoms with E-state index in [0.29, 0.717) is 6.04 Å². The maximum Gasteiger partial charge on any atom is 0.330 e. The summed E-state index contributed by atoms with van der Waals surface area (Å²) in [5.74, 6) is -0.332. The molecule has 0 N–H and O–H groups in total. The summed E-state index contributed by atoms with van der Waals surface area (Å²) in [6.07, 6.45) is 13.3. The maximum atomic E-state index is 11.3. The number of benzene rings is 1. The maximum absolute atomic E-state index is 11.3. The Kier molecular flexibility index (Phi) is 6.60. The Morgan fingerprint density at radius 2 is 2.03 bits per heavy atom. The van der Waals surface area contributed by atoms with Crippen LogP contribution in [0.3, 0.4) is 0 Å². The highest BCUT2D eigenvalue weighted by molar-refractivity contribution is 5.86. The van der Waals surface area contributed by atoms with Gasteiger partial charge in [-0.3, -0.25) is 4.90 Å². The molecule has 5 nitrogen and oxygen atoms in total. The van der Waals surface area contributed by atoms with Gasteiger partial charge in [0, 0.05) is 24.9 Å². The smallest absolute Gasteiger partial charge is 0.330 e. The molecule has 0 bridgehead atoms. The van der Waals surface area contributed by atoms with Gasteiger partial charge in [-0.1, -0.05) is 43.2 Å². The number of rotatable bonds is 6. The second-order valence-electron chi connectivity index (χ2n) is 7.87. The number of hydrogen-bond donors (Lipinski definition) is 0. The van der Waals surface area contributed by atoms with Crippen molar-refractivity contribution in [3.05, 3.63) is 77.6 Å². The largest absolute Gasteiger partial charge is 0.466 e. The van der Waals surface area contributed by atoms with Gasteiger partial charge < -0.3 is 4.74 Å². The molecule has 2 aromatic heterocycles. The summed E-state index contributed by atoms with van der Waals surface area (Å²) in [6, 6.07) is 15.2. The van der Waals surface area contributed by atoms with Crippen LogP contribution in [0, 0.1) is 0 Å². The minimum absolute atomic E-state index is 0.332. The minimum atomic E-state index is -0.332.